The molecule has 0 bridgehead atoms. The zero-order chi connectivity index (χ0) is 17.7. The van der Waals surface area contributed by atoms with E-state index < -0.39 is 0 Å². The van der Waals surface area contributed by atoms with Gasteiger partial charge in [-0.15, -0.1) is 0 Å². The third kappa shape index (κ3) is 6.33. The zero-order valence-electron chi connectivity index (χ0n) is 17.5. The van der Waals surface area contributed by atoms with Gasteiger partial charge in [0, 0.05) is 13.1 Å². The second-order valence-electron chi connectivity index (χ2n) is 10.2. The van der Waals surface area contributed by atoms with Gasteiger partial charge in [-0.05, 0) is 87.9 Å². The molecular formula is C22H44N2. The molecule has 2 nitrogen and oxygen atoms in total. The van der Waals surface area contributed by atoms with Crippen LogP contribution in [0.5, 0.6) is 0 Å². The highest BCUT2D eigenvalue weighted by Gasteiger charge is 2.31. The smallest absolute Gasteiger partial charge is 0.00220 e. The van der Waals surface area contributed by atoms with Gasteiger partial charge in [-0.3, -0.25) is 0 Å². The largest absolute Gasteiger partial charge is 0.306 e. The Labute approximate surface area is 152 Å². The van der Waals surface area contributed by atoms with Crippen molar-refractivity contribution in [3.63, 3.8) is 0 Å². The quantitative estimate of drug-likeness (QED) is 0.605. The van der Waals surface area contributed by atoms with Gasteiger partial charge in [0.2, 0.25) is 0 Å². The average molecular weight is 337 g/mol. The molecule has 2 saturated heterocycles. The molecule has 0 radical (unpaired) electrons. The standard InChI is InChI=1S/C22H44N2/c1-7-21(20-10-13-23(6)14-11-20)18(2)9-15-24-16-19(17-24)8-12-22(3,4)5/h18-21H,7-17H2,1-6H3. The molecule has 0 spiro atoms. The van der Waals surface area contributed by atoms with Crippen LogP contribution in [0.1, 0.15) is 73.1 Å². The maximum absolute atomic E-state index is 2.71. The molecular weight excluding hydrogens is 292 g/mol. The number of likely N-dealkylation sites (tertiary alicyclic amines) is 2. The molecule has 2 unspecified atom stereocenters. The Morgan fingerprint density at radius 1 is 1.08 bits per heavy atom. The van der Waals surface area contributed by atoms with Crippen molar-refractivity contribution in [3.05, 3.63) is 0 Å². The van der Waals surface area contributed by atoms with Gasteiger partial charge < -0.3 is 9.80 Å². The van der Waals surface area contributed by atoms with E-state index in [1.165, 1.54) is 71.2 Å². The van der Waals surface area contributed by atoms with Crippen LogP contribution >= 0.6 is 0 Å². The predicted octanol–water partition coefficient (Wildman–Crippen LogP) is 5.14. The fraction of sp³-hybridized carbons (Fsp3) is 1.00. The van der Waals surface area contributed by atoms with Crippen molar-refractivity contribution in [2.45, 2.75) is 73.1 Å². The molecule has 0 amide bonds. The highest BCUT2D eigenvalue weighted by Crippen LogP contribution is 2.34. The number of hydrogen-bond acceptors (Lipinski definition) is 2. The lowest BCUT2D eigenvalue weighted by atomic mass is 9.74. The van der Waals surface area contributed by atoms with Crippen LogP contribution in [0.4, 0.5) is 0 Å². The van der Waals surface area contributed by atoms with Crippen molar-refractivity contribution < 1.29 is 0 Å². The van der Waals surface area contributed by atoms with Crippen LogP contribution in [-0.2, 0) is 0 Å². The van der Waals surface area contributed by atoms with Gasteiger partial charge in [-0.25, -0.2) is 0 Å². The molecule has 0 aromatic carbocycles. The first kappa shape index (κ1) is 20.2. The highest BCUT2D eigenvalue weighted by atomic mass is 15.2. The van der Waals surface area contributed by atoms with Crippen molar-refractivity contribution in [3.8, 4) is 0 Å². The van der Waals surface area contributed by atoms with Crippen LogP contribution < -0.4 is 0 Å². The average Bonchev–Trinajstić information content (AvgIpc) is 2.46. The first-order chi connectivity index (χ1) is 11.3. The Bertz CT molecular complexity index is 345. The number of nitrogens with zero attached hydrogens (tertiary/aromatic N) is 2. The van der Waals surface area contributed by atoms with E-state index in [1.807, 2.05) is 0 Å². The number of hydrogen-bond donors (Lipinski definition) is 0. The molecule has 0 saturated carbocycles. The SMILES string of the molecule is CCC(C(C)CCN1CC(CCC(C)(C)C)C1)C1CCN(C)CC1. The molecule has 2 heteroatoms. The van der Waals surface area contributed by atoms with Crippen molar-refractivity contribution in [2.75, 3.05) is 39.8 Å². The van der Waals surface area contributed by atoms with Crippen LogP contribution in [-0.4, -0.2) is 49.6 Å². The maximum atomic E-state index is 2.71. The summed E-state index contributed by atoms with van der Waals surface area (Å²) in [7, 11) is 2.28. The second kappa shape index (κ2) is 9.03. The summed E-state index contributed by atoms with van der Waals surface area (Å²) in [5, 5.41) is 0. The Morgan fingerprint density at radius 3 is 2.25 bits per heavy atom. The van der Waals surface area contributed by atoms with Gasteiger partial charge in [0.25, 0.3) is 0 Å². The van der Waals surface area contributed by atoms with E-state index in [-0.39, 0.29) is 0 Å². The Kier molecular flexibility index (Phi) is 7.61. The molecule has 24 heavy (non-hydrogen) atoms. The highest BCUT2D eigenvalue weighted by molar-refractivity contribution is 4.83. The monoisotopic (exact) mass is 336 g/mol. The molecule has 2 atom stereocenters. The van der Waals surface area contributed by atoms with Crippen molar-refractivity contribution >= 4 is 0 Å². The van der Waals surface area contributed by atoms with E-state index in [4.69, 9.17) is 0 Å². The summed E-state index contributed by atoms with van der Waals surface area (Å²) in [5.41, 5.74) is 0.511. The summed E-state index contributed by atoms with van der Waals surface area (Å²) in [6.45, 7) is 18.8. The van der Waals surface area contributed by atoms with E-state index in [1.54, 1.807) is 0 Å². The minimum absolute atomic E-state index is 0.511. The van der Waals surface area contributed by atoms with E-state index in [2.05, 4.69) is 51.5 Å². The van der Waals surface area contributed by atoms with Gasteiger partial charge in [0.05, 0.1) is 0 Å². The van der Waals surface area contributed by atoms with E-state index >= 15 is 0 Å². The van der Waals surface area contributed by atoms with Crippen LogP contribution in [0.3, 0.4) is 0 Å². The topological polar surface area (TPSA) is 6.48 Å². The molecule has 142 valence electrons. The fourth-order valence-corrected chi connectivity index (χ4v) is 4.94. The second-order valence-corrected chi connectivity index (χ2v) is 10.2. The number of rotatable bonds is 8. The summed E-state index contributed by atoms with van der Waals surface area (Å²) < 4.78 is 0. The molecule has 0 aromatic heterocycles. The summed E-state index contributed by atoms with van der Waals surface area (Å²) in [5.74, 6) is 3.82. The lowest BCUT2D eigenvalue weighted by molar-refractivity contribution is 0.0676. The van der Waals surface area contributed by atoms with Crippen molar-refractivity contribution in [1.82, 2.24) is 9.80 Å². The van der Waals surface area contributed by atoms with Crippen molar-refractivity contribution in [1.29, 1.82) is 0 Å². The molecule has 0 N–H and O–H groups in total. The molecule has 2 aliphatic heterocycles. The summed E-state index contributed by atoms with van der Waals surface area (Å²) in [4.78, 5) is 5.22. The first-order valence-corrected chi connectivity index (χ1v) is 10.7. The van der Waals surface area contributed by atoms with Gasteiger partial charge in [0.15, 0.2) is 0 Å². The van der Waals surface area contributed by atoms with Gasteiger partial charge in [0.1, 0.15) is 0 Å². The third-order valence-electron chi connectivity index (χ3n) is 6.81. The Hall–Kier alpha value is -0.0800. The van der Waals surface area contributed by atoms with Crippen LogP contribution in [0.2, 0.25) is 0 Å². The lowest BCUT2D eigenvalue weighted by Gasteiger charge is -2.42. The van der Waals surface area contributed by atoms with Crippen LogP contribution in [0, 0.1) is 29.1 Å². The lowest BCUT2D eigenvalue weighted by Crippen LogP contribution is -2.47. The maximum Gasteiger partial charge on any atom is 0.00220 e. The Morgan fingerprint density at radius 2 is 1.71 bits per heavy atom. The predicted molar refractivity (Wildman–Crippen MR) is 106 cm³/mol. The third-order valence-corrected chi connectivity index (χ3v) is 6.81. The summed E-state index contributed by atoms with van der Waals surface area (Å²) in [6, 6.07) is 0. The van der Waals surface area contributed by atoms with E-state index in [0.29, 0.717) is 5.41 Å². The normalized spacial score (nSPS) is 24.8. The minimum atomic E-state index is 0.511. The van der Waals surface area contributed by atoms with Crippen molar-refractivity contribution in [2.24, 2.45) is 29.1 Å². The molecule has 2 heterocycles. The summed E-state index contributed by atoms with van der Waals surface area (Å²) in [6.07, 6.45) is 8.47. The van der Waals surface area contributed by atoms with Crippen LogP contribution in [0.25, 0.3) is 0 Å². The first-order valence-electron chi connectivity index (χ1n) is 10.7. The fourth-order valence-electron chi connectivity index (χ4n) is 4.94. The number of piperidine rings is 1. The molecule has 0 aliphatic carbocycles. The zero-order valence-corrected chi connectivity index (χ0v) is 17.5. The van der Waals surface area contributed by atoms with Gasteiger partial charge in [-0.1, -0.05) is 41.0 Å². The summed E-state index contributed by atoms with van der Waals surface area (Å²) >= 11 is 0. The van der Waals surface area contributed by atoms with Gasteiger partial charge >= 0.3 is 0 Å². The molecule has 0 aromatic rings. The minimum Gasteiger partial charge on any atom is -0.306 e. The molecule has 2 rings (SSSR count). The van der Waals surface area contributed by atoms with E-state index in [9.17, 15) is 0 Å². The van der Waals surface area contributed by atoms with Gasteiger partial charge in [-0.2, -0.15) is 0 Å². The molecule has 2 fully saturated rings. The Balaban J connectivity index is 1.63. The molecule has 2 aliphatic rings. The van der Waals surface area contributed by atoms with Crippen LogP contribution in [0.15, 0.2) is 0 Å². The van der Waals surface area contributed by atoms with E-state index in [0.717, 1.165) is 23.7 Å².